The lowest BCUT2D eigenvalue weighted by Crippen LogP contribution is -2.33. The summed E-state index contributed by atoms with van der Waals surface area (Å²) in [7, 11) is 0. The highest BCUT2D eigenvalue weighted by Crippen LogP contribution is 2.33. The molecule has 0 spiro atoms. The summed E-state index contributed by atoms with van der Waals surface area (Å²) in [6.45, 7) is 4.55. The van der Waals surface area contributed by atoms with Crippen molar-refractivity contribution < 1.29 is 9.90 Å². The van der Waals surface area contributed by atoms with Crippen LogP contribution in [0, 0.1) is 11.8 Å². The number of carboxylic acids is 1. The Kier molecular flexibility index (Phi) is 4.97. The van der Waals surface area contributed by atoms with Crippen molar-refractivity contribution in [1.82, 2.24) is 0 Å². The summed E-state index contributed by atoms with van der Waals surface area (Å²) in [6, 6.07) is 6.05. The first kappa shape index (κ1) is 15.2. The predicted octanol–water partition coefficient (Wildman–Crippen LogP) is 4.34. The van der Waals surface area contributed by atoms with Gasteiger partial charge in [0, 0.05) is 10.9 Å². The highest BCUT2D eigenvalue weighted by molar-refractivity contribution is 7.98. The van der Waals surface area contributed by atoms with E-state index in [1.54, 1.807) is 0 Å². The third-order valence-corrected chi connectivity index (χ3v) is 5.01. The van der Waals surface area contributed by atoms with Crippen molar-refractivity contribution >= 4 is 23.4 Å². The third kappa shape index (κ3) is 3.29. The normalized spacial score (nSPS) is 26.2. The summed E-state index contributed by atoms with van der Waals surface area (Å²) in [5, 5.41) is 12.9. The van der Waals surface area contributed by atoms with Crippen LogP contribution in [0.15, 0.2) is 23.1 Å². The number of thioether (sulfide) groups is 1. The Morgan fingerprint density at radius 2 is 2.10 bits per heavy atom. The van der Waals surface area contributed by atoms with Crippen LogP contribution in [0.5, 0.6) is 0 Å². The number of nitrogens with one attached hydrogen (secondary N) is 1. The fourth-order valence-electron chi connectivity index (χ4n) is 3.12. The van der Waals surface area contributed by atoms with Crippen LogP contribution in [0.3, 0.4) is 0 Å². The zero-order valence-electron chi connectivity index (χ0n) is 12.3. The van der Waals surface area contributed by atoms with E-state index < -0.39 is 5.97 Å². The molecular weight excluding hydrogens is 270 g/mol. The highest BCUT2D eigenvalue weighted by Gasteiger charge is 2.26. The molecule has 2 rings (SSSR count). The Morgan fingerprint density at radius 1 is 1.35 bits per heavy atom. The zero-order valence-corrected chi connectivity index (χ0v) is 13.2. The lowest BCUT2D eigenvalue weighted by atomic mass is 9.80. The number of benzene rings is 1. The predicted molar refractivity (Wildman–Crippen MR) is 84.8 cm³/mol. The van der Waals surface area contributed by atoms with Crippen LogP contribution in [0.4, 0.5) is 5.69 Å². The second-order valence-corrected chi connectivity index (χ2v) is 6.68. The van der Waals surface area contributed by atoms with E-state index in [0.29, 0.717) is 17.5 Å². The molecule has 20 heavy (non-hydrogen) atoms. The number of rotatable bonds is 4. The topological polar surface area (TPSA) is 49.3 Å². The Morgan fingerprint density at radius 3 is 2.70 bits per heavy atom. The van der Waals surface area contributed by atoms with Gasteiger partial charge in [-0.1, -0.05) is 19.9 Å². The van der Waals surface area contributed by atoms with E-state index in [-0.39, 0.29) is 0 Å². The molecule has 3 nitrogen and oxygen atoms in total. The van der Waals surface area contributed by atoms with Gasteiger partial charge in [-0.05, 0) is 49.5 Å². The van der Waals surface area contributed by atoms with Gasteiger partial charge in [-0.25, -0.2) is 4.79 Å². The van der Waals surface area contributed by atoms with E-state index in [2.05, 4.69) is 19.2 Å². The van der Waals surface area contributed by atoms with Crippen LogP contribution in [-0.2, 0) is 0 Å². The number of hydrogen-bond acceptors (Lipinski definition) is 3. The molecule has 2 N–H and O–H groups in total. The van der Waals surface area contributed by atoms with Crippen LogP contribution in [0.1, 0.15) is 43.5 Å². The molecule has 110 valence electrons. The second-order valence-electron chi connectivity index (χ2n) is 5.83. The van der Waals surface area contributed by atoms with E-state index in [0.717, 1.165) is 22.9 Å². The summed E-state index contributed by atoms with van der Waals surface area (Å²) in [5.41, 5.74) is 1.17. The van der Waals surface area contributed by atoms with Gasteiger partial charge >= 0.3 is 5.97 Å². The maximum Gasteiger partial charge on any atom is 0.338 e. The van der Waals surface area contributed by atoms with E-state index in [1.165, 1.54) is 24.6 Å². The first-order valence-electron chi connectivity index (χ1n) is 7.19. The lowest BCUT2D eigenvalue weighted by Gasteiger charge is -2.34. The zero-order chi connectivity index (χ0) is 14.7. The Bertz CT molecular complexity index is 489. The molecule has 1 saturated carbocycles. The molecule has 0 aliphatic heterocycles. The Balaban J connectivity index is 2.23. The minimum absolute atomic E-state index is 0.376. The number of anilines is 1. The monoisotopic (exact) mass is 293 g/mol. The molecule has 0 bridgehead atoms. The molecule has 1 aromatic rings. The molecule has 3 unspecified atom stereocenters. The molecule has 0 heterocycles. The van der Waals surface area contributed by atoms with Crippen LogP contribution >= 0.6 is 11.8 Å². The SMILES string of the molecule is CSc1cccc(NC2CCC(C)CC2C)c1C(=O)O. The average Bonchev–Trinajstić information content (AvgIpc) is 2.41. The summed E-state index contributed by atoms with van der Waals surface area (Å²) in [5.74, 6) is 0.507. The van der Waals surface area contributed by atoms with Gasteiger partial charge in [-0.15, -0.1) is 11.8 Å². The van der Waals surface area contributed by atoms with Gasteiger partial charge in [0.15, 0.2) is 0 Å². The highest BCUT2D eigenvalue weighted by atomic mass is 32.2. The van der Waals surface area contributed by atoms with Gasteiger partial charge in [0.25, 0.3) is 0 Å². The standard InChI is InChI=1S/C16H23NO2S/c1-10-7-8-12(11(2)9-10)17-13-5-4-6-14(20-3)15(13)16(18)19/h4-6,10-12,17H,7-9H2,1-3H3,(H,18,19). The fraction of sp³-hybridized carbons (Fsp3) is 0.562. The maximum atomic E-state index is 11.5. The van der Waals surface area contributed by atoms with Gasteiger partial charge < -0.3 is 10.4 Å². The van der Waals surface area contributed by atoms with Crippen LogP contribution in [0.25, 0.3) is 0 Å². The quantitative estimate of drug-likeness (QED) is 0.811. The van der Waals surface area contributed by atoms with Crippen molar-refractivity contribution in [3.63, 3.8) is 0 Å². The molecule has 3 atom stereocenters. The molecule has 1 aliphatic carbocycles. The average molecular weight is 293 g/mol. The molecule has 4 heteroatoms. The number of carbonyl (C=O) groups is 1. The largest absolute Gasteiger partial charge is 0.478 e. The van der Waals surface area contributed by atoms with Gasteiger partial charge in [-0.2, -0.15) is 0 Å². The minimum Gasteiger partial charge on any atom is -0.478 e. The molecule has 0 radical (unpaired) electrons. The second kappa shape index (κ2) is 6.53. The van der Waals surface area contributed by atoms with Gasteiger partial charge in [0.1, 0.15) is 0 Å². The van der Waals surface area contributed by atoms with Crippen molar-refractivity contribution in [2.45, 2.75) is 44.0 Å². The van der Waals surface area contributed by atoms with Crippen molar-refractivity contribution in [2.24, 2.45) is 11.8 Å². The molecule has 1 aliphatic rings. The maximum absolute atomic E-state index is 11.5. The Hall–Kier alpha value is -1.16. The molecule has 0 saturated heterocycles. The minimum atomic E-state index is -0.853. The summed E-state index contributed by atoms with van der Waals surface area (Å²) in [6.07, 6.45) is 5.45. The third-order valence-electron chi connectivity index (χ3n) is 4.23. The van der Waals surface area contributed by atoms with Crippen molar-refractivity contribution in [3.8, 4) is 0 Å². The molecule has 0 amide bonds. The molecule has 1 aromatic carbocycles. The smallest absolute Gasteiger partial charge is 0.338 e. The first-order valence-corrected chi connectivity index (χ1v) is 8.42. The Labute approximate surface area is 125 Å². The van der Waals surface area contributed by atoms with Crippen molar-refractivity contribution in [2.75, 3.05) is 11.6 Å². The van der Waals surface area contributed by atoms with Crippen LogP contribution in [-0.4, -0.2) is 23.4 Å². The van der Waals surface area contributed by atoms with E-state index in [1.807, 2.05) is 24.5 Å². The van der Waals surface area contributed by atoms with Crippen LogP contribution in [0.2, 0.25) is 0 Å². The summed E-state index contributed by atoms with van der Waals surface area (Å²) in [4.78, 5) is 12.3. The van der Waals surface area contributed by atoms with Crippen LogP contribution < -0.4 is 5.32 Å². The van der Waals surface area contributed by atoms with Gasteiger partial charge in [0.2, 0.25) is 0 Å². The van der Waals surface area contributed by atoms with E-state index in [4.69, 9.17) is 0 Å². The summed E-state index contributed by atoms with van der Waals surface area (Å²) < 4.78 is 0. The number of hydrogen-bond donors (Lipinski definition) is 2. The van der Waals surface area contributed by atoms with Gasteiger partial charge in [0.05, 0.1) is 11.3 Å². The summed E-state index contributed by atoms with van der Waals surface area (Å²) >= 11 is 1.48. The lowest BCUT2D eigenvalue weighted by molar-refractivity contribution is 0.0694. The molecule has 0 aromatic heterocycles. The number of carboxylic acid groups (broad SMARTS) is 1. The molecular formula is C16H23NO2S. The van der Waals surface area contributed by atoms with Gasteiger partial charge in [-0.3, -0.25) is 0 Å². The van der Waals surface area contributed by atoms with Crippen molar-refractivity contribution in [1.29, 1.82) is 0 Å². The van der Waals surface area contributed by atoms with Crippen molar-refractivity contribution in [3.05, 3.63) is 23.8 Å². The first-order chi connectivity index (χ1) is 9.52. The molecule has 1 fully saturated rings. The van der Waals surface area contributed by atoms with E-state index in [9.17, 15) is 9.90 Å². The fourth-order valence-corrected chi connectivity index (χ4v) is 3.74. The van der Waals surface area contributed by atoms with E-state index >= 15 is 0 Å². The number of aromatic carboxylic acids is 1.